The van der Waals surface area contributed by atoms with E-state index < -0.39 is 0 Å². The molecule has 4 aromatic rings. The molecule has 31 heavy (non-hydrogen) atoms. The summed E-state index contributed by atoms with van der Waals surface area (Å²) in [6.45, 7) is 5.16. The van der Waals surface area contributed by atoms with Crippen LogP contribution in [0.4, 0.5) is 0 Å². The molecule has 1 fully saturated rings. The number of aryl methyl sites for hydroxylation is 1. The molecule has 158 valence electrons. The van der Waals surface area contributed by atoms with Gasteiger partial charge in [-0.05, 0) is 45.2 Å². The molecule has 0 unspecified atom stereocenters. The van der Waals surface area contributed by atoms with Crippen molar-refractivity contribution < 1.29 is 9.32 Å². The summed E-state index contributed by atoms with van der Waals surface area (Å²) in [5.74, 6) is 0.971. The molecule has 7 nitrogen and oxygen atoms in total. The Morgan fingerprint density at radius 3 is 2.87 bits per heavy atom. The van der Waals surface area contributed by atoms with Crippen molar-refractivity contribution in [3.63, 3.8) is 0 Å². The number of rotatable bonds is 4. The molecule has 1 aliphatic heterocycles. The molecule has 2 aromatic heterocycles. The number of benzene rings is 2. The minimum absolute atomic E-state index is 0.0954. The molecule has 0 aliphatic carbocycles. The predicted molar refractivity (Wildman–Crippen MR) is 118 cm³/mol. The van der Waals surface area contributed by atoms with Gasteiger partial charge in [0.2, 0.25) is 11.7 Å². The molecule has 7 heteroatoms. The molecular weight excluding hydrogens is 390 g/mol. The Kier molecular flexibility index (Phi) is 5.02. The Hall–Kier alpha value is -3.48. The van der Waals surface area contributed by atoms with E-state index in [0.717, 1.165) is 41.4 Å². The third-order valence-electron chi connectivity index (χ3n) is 5.97. The van der Waals surface area contributed by atoms with E-state index in [4.69, 9.17) is 9.62 Å². The molecule has 0 saturated carbocycles. The first-order valence-electron chi connectivity index (χ1n) is 10.8. The summed E-state index contributed by atoms with van der Waals surface area (Å²) < 4.78 is 7.33. The number of para-hydroxylation sites is 1. The van der Waals surface area contributed by atoms with E-state index in [1.807, 2.05) is 60.4 Å². The van der Waals surface area contributed by atoms with Crippen molar-refractivity contribution in [2.24, 2.45) is 0 Å². The highest BCUT2D eigenvalue weighted by molar-refractivity contribution is 5.92. The maximum Gasteiger partial charge on any atom is 0.279 e. The largest absolute Gasteiger partial charge is 0.338 e. The van der Waals surface area contributed by atoms with E-state index >= 15 is 0 Å². The standard InChI is InChI=1S/C24H25N5O2/c1-16-8-7-10-18(14-16)23-25-24(31-27-23)22-19-11-3-4-12-20(19)29(26-22)15-21(30)28-13-6-5-9-17(28)2/h3-4,7-8,10-12,14,17H,5-6,9,13,15H2,1-2H3/t17-/m1/s1. The van der Waals surface area contributed by atoms with Crippen LogP contribution in [0.5, 0.6) is 0 Å². The first-order valence-corrected chi connectivity index (χ1v) is 10.8. The van der Waals surface area contributed by atoms with Crippen LogP contribution in [0.2, 0.25) is 0 Å². The molecule has 5 rings (SSSR count). The summed E-state index contributed by atoms with van der Waals surface area (Å²) in [4.78, 5) is 19.6. The highest BCUT2D eigenvalue weighted by atomic mass is 16.5. The van der Waals surface area contributed by atoms with Gasteiger partial charge in [-0.3, -0.25) is 9.48 Å². The van der Waals surface area contributed by atoms with Gasteiger partial charge >= 0.3 is 0 Å². The average molecular weight is 415 g/mol. The van der Waals surface area contributed by atoms with Crippen LogP contribution in [0, 0.1) is 6.92 Å². The normalized spacial score (nSPS) is 16.7. The van der Waals surface area contributed by atoms with Crippen molar-refractivity contribution in [3.8, 4) is 23.0 Å². The van der Waals surface area contributed by atoms with Crippen molar-refractivity contribution >= 4 is 16.8 Å². The Balaban J connectivity index is 1.49. The van der Waals surface area contributed by atoms with E-state index in [2.05, 4.69) is 17.1 Å². The molecule has 1 amide bonds. The highest BCUT2D eigenvalue weighted by Crippen LogP contribution is 2.29. The molecular formula is C24H25N5O2. The zero-order valence-corrected chi connectivity index (χ0v) is 17.8. The second-order valence-corrected chi connectivity index (χ2v) is 8.25. The molecule has 1 aliphatic rings. The number of carbonyl (C=O) groups is 1. The molecule has 0 bridgehead atoms. The monoisotopic (exact) mass is 415 g/mol. The first kappa shape index (κ1) is 19.5. The van der Waals surface area contributed by atoms with Gasteiger partial charge in [-0.2, -0.15) is 10.1 Å². The van der Waals surface area contributed by atoms with E-state index in [0.29, 0.717) is 17.4 Å². The Bertz CT molecular complexity index is 1240. The third-order valence-corrected chi connectivity index (χ3v) is 5.97. The van der Waals surface area contributed by atoms with Gasteiger partial charge in [-0.1, -0.05) is 47.1 Å². The topological polar surface area (TPSA) is 77.0 Å². The van der Waals surface area contributed by atoms with Crippen LogP contribution in [0.3, 0.4) is 0 Å². The minimum atomic E-state index is 0.0954. The number of likely N-dealkylation sites (tertiary alicyclic amines) is 1. The summed E-state index contributed by atoms with van der Waals surface area (Å²) in [6, 6.07) is 16.1. The van der Waals surface area contributed by atoms with Gasteiger partial charge in [0.1, 0.15) is 6.54 Å². The van der Waals surface area contributed by atoms with Crippen LogP contribution >= 0.6 is 0 Å². The Morgan fingerprint density at radius 2 is 2.03 bits per heavy atom. The van der Waals surface area contributed by atoms with Gasteiger partial charge in [0.15, 0.2) is 5.69 Å². The lowest BCUT2D eigenvalue weighted by Gasteiger charge is -2.33. The van der Waals surface area contributed by atoms with Gasteiger partial charge in [0, 0.05) is 23.5 Å². The molecule has 1 saturated heterocycles. The van der Waals surface area contributed by atoms with Crippen molar-refractivity contribution in [3.05, 3.63) is 54.1 Å². The SMILES string of the molecule is Cc1cccc(-c2noc(-c3nn(CC(=O)N4CCCC[C@H]4C)c4ccccc34)n2)c1. The summed E-state index contributed by atoms with van der Waals surface area (Å²) in [6.07, 6.45) is 3.30. The van der Waals surface area contributed by atoms with Crippen molar-refractivity contribution in [2.75, 3.05) is 6.54 Å². The van der Waals surface area contributed by atoms with Crippen LogP contribution < -0.4 is 0 Å². The second kappa shape index (κ2) is 7.98. The first-order chi connectivity index (χ1) is 15.1. The molecule has 2 aromatic carbocycles. The van der Waals surface area contributed by atoms with Crippen LogP contribution in [-0.4, -0.2) is 43.3 Å². The predicted octanol–water partition coefficient (Wildman–Crippen LogP) is 4.46. The maximum atomic E-state index is 13.0. The Morgan fingerprint density at radius 1 is 1.16 bits per heavy atom. The van der Waals surface area contributed by atoms with Gasteiger partial charge < -0.3 is 9.42 Å². The summed E-state index contributed by atoms with van der Waals surface area (Å²) >= 11 is 0. The number of hydrogen-bond donors (Lipinski definition) is 0. The lowest BCUT2D eigenvalue weighted by Crippen LogP contribution is -2.43. The Labute approximate surface area is 180 Å². The second-order valence-electron chi connectivity index (χ2n) is 8.25. The number of aromatic nitrogens is 4. The van der Waals surface area contributed by atoms with Crippen LogP contribution in [-0.2, 0) is 11.3 Å². The van der Waals surface area contributed by atoms with E-state index in [1.165, 1.54) is 6.42 Å². The van der Waals surface area contributed by atoms with Crippen molar-refractivity contribution in [1.82, 2.24) is 24.8 Å². The fraction of sp³-hybridized carbons (Fsp3) is 0.333. The number of carbonyl (C=O) groups excluding carboxylic acids is 1. The fourth-order valence-electron chi connectivity index (χ4n) is 4.31. The smallest absolute Gasteiger partial charge is 0.279 e. The molecule has 3 heterocycles. The molecule has 1 atom stereocenters. The van der Waals surface area contributed by atoms with Gasteiger partial charge in [0.05, 0.1) is 5.52 Å². The quantitative estimate of drug-likeness (QED) is 0.492. The van der Waals surface area contributed by atoms with Gasteiger partial charge in [-0.15, -0.1) is 0 Å². The van der Waals surface area contributed by atoms with Crippen LogP contribution in [0.15, 0.2) is 53.1 Å². The maximum absolute atomic E-state index is 13.0. The van der Waals surface area contributed by atoms with E-state index in [9.17, 15) is 4.79 Å². The molecule has 0 spiro atoms. The zero-order valence-electron chi connectivity index (χ0n) is 17.8. The minimum Gasteiger partial charge on any atom is -0.338 e. The fourth-order valence-corrected chi connectivity index (χ4v) is 4.31. The molecule has 0 N–H and O–H groups in total. The van der Waals surface area contributed by atoms with E-state index in [1.54, 1.807) is 4.68 Å². The summed E-state index contributed by atoms with van der Waals surface area (Å²) in [5, 5.41) is 9.76. The zero-order chi connectivity index (χ0) is 21.4. The number of piperidine rings is 1. The van der Waals surface area contributed by atoms with Crippen LogP contribution in [0.1, 0.15) is 31.7 Å². The summed E-state index contributed by atoms with van der Waals surface area (Å²) in [5.41, 5.74) is 3.50. The number of nitrogens with zero attached hydrogens (tertiary/aromatic N) is 5. The molecule has 0 radical (unpaired) electrons. The highest BCUT2D eigenvalue weighted by Gasteiger charge is 2.25. The van der Waals surface area contributed by atoms with E-state index in [-0.39, 0.29) is 18.5 Å². The van der Waals surface area contributed by atoms with Gasteiger partial charge in [0.25, 0.3) is 5.89 Å². The average Bonchev–Trinajstić information content (AvgIpc) is 3.40. The van der Waals surface area contributed by atoms with Crippen molar-refractivity contribution in [1.29, 1.82) is 0 Å². The number of hydrogen-bond acceptors (Lipinski definition) is 5. The van der Waals surface area contributed by atoms with Crippen LogP contribution in [0.25, 0.3) is 33.9 Å². The summed E-state index contributed by atoms with van der Waals surface area (Å²) in [7, 11) is 0. The number of amides is 1. The number of fused-ring (bicyclic) bond motifs is 1. The van der Waals surface area contributed by atoms with Crippen molar-refractivity contribution in [2.45, 2.75) is 45.7 Å². The lowest BCUT2D eigenvalue weighted by atomic mass is 10.0. The lowest BCUT2D eigenvalue weighted by molar-refractivity contribution is -0.135. The third kappa shape index (κ3) is 3.71. The van der Waals surface area contributed by atoms with Gasteiger partial charge in [-0.25, -0.2) is 0 Å².